The van der Waals surface area contributed by atoms with Gasteiger partial charge in [-0.1, -0.05) is 204 Å². The van der Waals surface area contributed by atoms with Gasteiger partial charge in [0, 0.05) is 16.9 Å². The van der Waals surface area contributed by atoms with Crippen molar-refractivity contribution in [3.8, 4) is 55.6 Å². The van der Waals surface area contributed by atoms with Crippen LogP contribution in [0.1, 0.15) is 73.9 Å². The van der Waals surface area contributed by atoms with Gasteiger partial charge in [-0.25, -0.2) is 0 Å². The summed E-state index contributed by atoms with van der Waals surface area (Å²) in [5, 5.41) is 0. The zero-order chi connectivity index (χ0) is 43.2. The lowest BCUT2D eigenvalue weighted by molar-refractivity contribution is 0.332. The van der Waals surface area contributed by atoms with Crippen molar-refractivity contribution < 1.29 is 0 Å². The smallest absolute Gasteiger partial charge is 0.0726 e. The molecule has 0 radical (unpaired) electrons. The van der Waals surface area contributed by atoms with Crippen LogP contribution >= 0.6 is 0 Å². The van der Waals surface area contributed by atoms with E-state index in [4.69, 9.17) is 0 Å². The number of hydrogen-bond acceptors (Lipinski definition) is 1. The van der Waals surface area contributed by atoms with E-state index in [0.717, 1.165) is 17.8 Å². The molecule has 308 valence electrons. The van der Waals surface area contributed by atoms with Crippen LogP contribution in [0.2, 0.25) is 0 Å². The van der Waals surface area contributed by atoms with E-state index < -0.39 is 5.41 Å². The molecule has 0 bridgehead atoms. The Morgan fingerprint density at radius 1 is 0.297 bits per heavy atom. The maximum Gasteiger partial charge on any atom is 0.0726 e. The zero-order valence-electron chi connectivity index (χ0n) is 37.1. The quantitative estimate of drug-likeness (QED) is 0.161. The van der Waals surface area contributed by atoms with Gasteiger partial charge in [-0.3, -0.25) is 0 Å². The molecule has 9 aromatic rings. The molecule has 64 heavy (non-hydrogen) atoms. The third kappa shape index (κ3) is 5.70. The molecule has 1 nitrogen and oxygen atoms in total. The van der Waals surface area contributed by atoms with E-state index in [-0.39, 0.29) is 10.8 Å². The summed E-state index contributed by atoms with van der Waals surface area (Å²) < 4.78 is 0. The lowest BCUT2D eigenvalue weighted by Crippen LogP contribution is -2.33. The fourth-order valence-electron chi connectivity index (χ4n) is 11.7. The largest absolute Gasteiger partial charge is 0.310 e. The number of para-hydroxylation sites is 1. The number of hydrogen-bond donors (Lipinski definition) is 0. The molecule has 0 aliphatic heterocycles. The Bertz CT molecular complexity index is 3220. The topological polar surface area (TPSA) is 3.24 Å². The number of rotatable bonds is 6. The summed E-state index contributed by atoms with van der Waals surface area (Å²) >= 11 is 0. The van der Waals surface area contributed by atoms with Crippen molar-refractivity contribution in [3.05, 3.63) is 246 Å². The predicted octanol–water partition coefficient (Wildman–Crippen LogP) is 16.8. The Hall–Kier alpha value is -7.22. The molecule has 1 spiro atoms. The lowest BCUT2D eigenvalue weighted by atomic mass is 9.63. The number of nitrogens with zero attached hydrogens (tertiary/aromatic N) is 1. The van der Waals surface area contributed by atoms with Crippen molar-refractivity contribution in [2.75, 3.05) is 4.90 Å². The van der Waals surface area contributed by atoms with Crippen molar-refractivity contribution in [3.63, 3.8) is 0 Å². The Kier molecular flexibility index (Phi) is 8.66. The number of anilines is 3. The Balaban J connectivity index is 1.14. The summed E-state index contributed by atoms with van der Waals surface area (Å²) in [5.41, 5.74) is 24.1. The summed E-state index contributed by atoms with van der Waals surface area (Å²) in [4.78, 5) is 2.51. The van der Waals surface area contributed by atoms with Crippen LogP contribution in [0, 0.1) is 0 Å². The first-order valence-corrected chi connectivity index (χ1v) is 23.0. The second kappa shape index (κ2) is 14.4. The fraction of sp³-hybridized carbons (Fsp3) is 0.143. The molecule has 0 atom stereocenters. The average Bonchev–Trinajstić information content (AvgIpc) is 3.80. The standard InChI is InChI=1S/C63H51N/c1-61(2)37-38-62(3,4)59-39-44(33-36-57(59)61)52-40-53-51-27-15-18-30-56(51)63(54-28-16-13-25-49(54)50-26-14-17-29-55(50)63)58(53)41-60(52)64(45-21-9-6-10-22-45)46-34-31-43(32-35-46)48-24-12-11-23-47(48)42-19-7-5-8-20-42/h5-36,39-41H,37-38H2,1-4H3. The minimum atomic E-state index is -0.471. The molecule has 0 heterocycles. The molecule has 0 unspecified atom stereocenters. The molecule has 0 aromatic heterocycles. The summed E-state index contributed by atoms with van der Waals surface area (Å²) in [6.07, 6.45) is 2.35. The molecule has 0 saturated heterocycles. The maximum absolute atomic E-state index is 2.57. The molecular formula is C63H51N. The third-order valence-electron chi connectivity index (χ3n) is 15.0. The van der Waals surface area contributed by atoms with E-state index in [0.29, 0.717) is 0 Å². The highest BCUT2D eigenvalue weighted by atomic mass is 15.1. The second-order valence-corrected chi connectivity index (χ2v) is 19.5. The number of fused-ring (bicyclic) bond motifs is 11. The normalized spacial score (nSPS) is 15.4. The summed E-state index contributed by atoms with van der Waals surface area (Å²) in [5.74, 6) is 0. The van der Waals surface area contributed by atoms with E-state index in [1.165, 1.54) is 101 Å². The van der Waals surface area contributed by atoms with Crippen LogP contribution in [-0.4, -0.2) is 0 Å². The fourth-order valence-corrected chi connectivity index (χ4v) is 11.7. The van der Waals surface area contributed by atoms with Gasteiger partial charge in [-0.2, -0.15) is 0 Å². The van der Waals surface area contributed by atoms with Gasteiger partial charge in [-0.05, 0) is 144 Å². The average molecular weight is 822 g/mol. The molecule has 9 aromatic carbocycles. The molecule has 3 aliphatic carbocycles. The molecule has 0 N–H and O–H groups in total. The summed E-state index contributed by atoms with van der Waals surface area (Å²) in [6, 6.07) is 79.8. The van der Waals surface area contributed by atoms with E-state index in [1.54, 1.807) is 0 Å². The molecule has 0 saturated carbocycles. The van der Waals surface area contributed by atoms with Crippen molar-refractivity contribution in [2.24, 2.45) is 0 Å². The Morgan fingerprint density at radius 2 is 0.734 bits per heavy atom. The number of benzene rings is 9. The van der Waals surface area contributed by atoms with Crippen molar-refractivity contribution >= 4 is 17.1 Å². The predicted molar refractivity (Wildman–Crippen MR) is 269 cm³/mol. The van der Waals surface area contributed by atoms with Crippen LogP contribution in [0.15, 0.2) is 212 Å². The maximum atomic E-state index is 2.57. The molecule has 3 aliphatic rings. The second-order valence-electron chi connectivity index (χ2n) is 19.5. The van der Waals surface area contributed by atoms with Gasteiger partial charge in [0.1, 0.15) is 0 Å². The van der Waals surface area contributed by atoms with Crippen molar-refractivity contribution in [2.45, 2.75) is 56.8 Å². The van der Waals surface area contributed by atoms with E-state index >= 15 is 0 Å². The molecular weight excluding hydrogens is 771 g/mol. The van der Waals surface area contributed by atoms with Crippen LogP contribution in [0.3, 0.4) is 0 Å². The minimum Gasteiger partial charge on any atom is -0.310 e. The van der Waals surface area contributed by atoms with Gasteiger partial charge in [-0.15, -0.1) is 0 Å². The Labute approximate surface area is 378 Å². The first-order valence-electron chi connectivity index (χ1n) is 23.0. The van der Waals surface area contributed by atoms with Crippen molar-refractivity contribution in [1.29, 1.82) is 0 Å². The van der Waals surface area contributed by atoms with Crippen molar-refractivity contribution in [1.82, 2.24) is 0 Å². The third-order valence-corrected chi connectivity index (χ3v) is 15.0. The van der Waals surface area contributed by atoms with Crippen LogP contribution in [0.4, 0.5) is 17.1 Å². The summed E-state index contributed by atoms with van der Waals surface area (Å²) in [6.45, 7) is 9.73. The first kappa shape index (κ1) is 38.5. The first-order chi connectivity index (χ1) is 31.2. The van der Waals surface area contributed by atoms with Gasteiger partial charge in [0.2, 0.25) is 0 Å². The van der Waals surface area contributed by atoms with Crippen LogP contribution in [0.25, 0.3) is 55.6 Å². The molecule has 12 rings (SSSR count). The van der Waals surface area contributed by atoms with Gasteiger partial charge in [0.05, 0.1) is 11.1 Å². The highest BCUT2D eigenvalue weighted by molar-refractivity contribution is 6.00. The van der Waals surface area contributed by atoms with E-state index in [9.17, 15) is 0 Å². The van der Waals surface area contributed by atoms with E-state index in [2.05, 4.69) is 245 Å². The van der Waals surface area contributed by atoms with Crippen LogP contribution < -0.4 is 4.90 Å². The van der Waals surface area contributed by atoms with Gasteiger partial charge < -0.3 is 4.90 Å². The van der Waals surface area contributed by atoms with Gasteiger partial charge in [0.25, 0.3) is 0 Å². The van der Waals surface area contributed by atoms with E-state index in [1.807, 2.05) is 0 Å². The monoisotopic (exact) mass is 821 g/mol. The van der Waals surface area contributed by atoms with Gasteiger partial charge in [0.15, 0.2) is 0 Å². The Morgan fingerprint density at radius 3 is 1.31 bits per heavy atom. The summed E-state index contributed by atoms with van der Waals surface area (Å²) in [7, 11) is 0. The SMILES string of the molecule is CC1(C)CCC(C)(C)c2cc(-c3cc4c(cc3N(c3ccccc3)c3ccc(-c5ccccc5-c5ccccc5)cc3)C3(c5ccccc5-c5ccccc53)c3ccccc3-4)ccc21. The zero-order valence-corrected chi connectivity index (χ0v) is 37.1. The lowest BCUT2D eigenvalue weighted by Gasteiger charge is -2.42. The minimum absolute atomic E-state index is 0.0661. The van der Waals surface area contributed by atoms with Crippen LogP contribution in [-0.2, 0) is 16.2 Å². The van der Waals surface area contributed by atoms with Gasteiger partial charge >= 0.3 is 0 Å². The molecule has 0 amide bonds. The highest BCUT2D eigenvalue weighted by Crippen LogP contribution is 2.64. The highest BCUT2D eigenvalue weighted by Gasteiger charge is 2.52. The molecule has 0 fully saturated rings. The molecule has 1 heteroatoms. The van der Waals surface area contributed by atoms with Crippen LogP contribution in [0.5, 0.6) is 0 Å².